The molecule has 6 nitrogen and oxygen atoms in total. The van der Waals surface area contributed by atoms with Crippen LogP contribution in [0.15, 0.2) is 45.3 Å². The Kier molecular flexibility index (Phi) is 6.09. The van der Waals surface area contributed by atoms with Crippen LogP contribution in [0.5, 0.6) is 23.0 Å². The van der Waals surface area contributed by atoms with Crippen molar-refractivity contribution in [2.75, 3.05) is 52.5 Å². The number of benzene rings is 2. The standard InChI is InChI=1S/C22H24Br2N2O4/c23-15-1-3-19-21(9-15)27-13-17(29-19)11-25-5-7-26(8-6-25)12-18-14-28-22-10-16(24)2-4-20(22)30-18/h1-4,9-10,17-18H,5-8,11-14H2. The van der Waals surface area contributed by atoms with Crippen molar-refractivity contribution in [3.8, 4) is 23.0 Å². The average molecular weight is 540 g/mol. The summed E-state index contributed by atoms with van der Waals surface area (Å²) in [4.78, 5) is 4.92. The molecule has 0 aromatic heterocycles. The van der Waals surface area contributed by atoms with Crippen LogP contribution < -0.4 is 18.9 Å². The lowest BCUT2D eigenvalue weighted by atomic mass is 10.2. The third kappa shape index (κ3) is 4.72. The van der Waals surface area contributed by atoms with Crippen molar-refractivity contribution in [3.63, 3.8) is 0 Å². The van der Waals surface area contributed by atoms with Gasteiger partial charge in [-0.2, -0.15) is 0 Å². The molecule has 0 saturated carbocycles. The van der Waals surface area contributed by atoms with Gasteiger partial charge in [-0.25, -0.2) is 0 Å². The summed E-state index contributed by atoms with van der Waals surface area (Å²) in [7, 11) is 0. The smallest absolute Gasteiger partial charge is 0.162 e. The Labute approximate surface area is 193 Å². The van der Waals surface area contributed by atoms with Crippen LogP contribution in [0.25, 0.3) is 0 Å². The molecule has 30 heavy (non-hydrogen) atoms. The molecule has 2 unspecified atom stereocenters. The fourth-order valence-electron chi connectivity index (χ4n) is 4.09. The van der Waals surface area contributed by atoms with E-state index in [1.807, 2.05) is 36.4 Å². The van der Waals surface area contributed by atoms with E-state index in [4.69, 9.17) is 18.9 Å². The molecule has 160 valence electrons. The Bertz CT molecular complexity index is 831. The first-order chi connectivity index (χ1) is 14.6. The Morgan fingerprint density at radius 1 is 0.667 bits per heavy atom. The van der Waals surface area contributed by atoms with Crippen LogP contribution in [0, 0.1) is 0 Å². The maximum Gasteiger partial charge on any atom is 0.162 e. The van der Waals surface area contributed by atoms with E-state index in [9.17, 15) is 0 Å². The lowest BCUT2D eigenvalue weighted by molar-refractivity contribution is 0.0200. The molecular weight excluding hydrogens is 516 g/mol. The van der Waals surface area contributed by atoms with Gasteiger partial charge in [0, 0.05) is 48.2 Å². The van der Waals surface area contributed by atoms with Crippen molar-refractivity contribution in [2.45, 2.75) is 12.2 Å². The molecule has 1 saturated heterocycles. The first-order valence-electron chi connectivity index (χ1n) is 10.2. The molecule has 1 fully saturated rings. The molecule has 0 amide bonds. The summed E-state index contributed by atoms with van der Waals surface area (Å²) in [5, 5.41) is 0. The highest BCUT2D eigenvalue weighted by Gasteiger charge is 2.28. The minimum absolute atomic E-state index is 0.0659. The topological polar surface area (TPSA) is 43.4 Å². The van der Waals surface area contributed by atoms with E-state index in [0.717, 1.165) is 71.2 Å². The molecule has 2 aromatic rings. The minimum atomic E-state index is 0.0659. The number of piperazine rings is 1. The average Bonchev–Trinajstić information content (AvgIpc) is 2.75. The fourth-order valence-corrected chi connectivity index (χ4v) is 4.77. The quantitative estimate of drug-likeness (QED) is 0.588. The van der Waals surface area contributed by atoms with E-state index in [0.29, 0.717) is 13.2 Å². The second-order valence-corrected chi connectivity index (χ2v) is 9.72. The highest BCUT2D eigenvalue weighted by Crippen LogP contribution is 2.35. The first-order valence-corrected chi connectivity index (χ1v) is 11.8. The third-order valence-electron chi connectivity index (χ3n) is 5.64. The van der Waals surface area contributed by atoms with Crippen LogP contribution in [-0.2, 0) is 0 Å². The molecular formula is C22H24Br2N2O4. The summed E-state index contributed by atoms with van der Waals surface area (Å²) >= 11 is 6.94. The molecule has 2 atom stereocenters. The molecule has 3 aliphatic rings. The van der Waals surface area contributed by atoms with Crippen molar-refractivity contribution in [3.05, 3.63) is 45.3 Å². The van der Waals surface area contributed by atoms with Crippen molar-refractivity contribution in [1.29, 1.82) is 0 Å². The second-order valence-electron chi connectivity index (χ2n) is 7.89. The van der Waals surface area contributed by atoms with Gasteiger partial charge < -0.3 is 18.9 Å². The van der Waals surface area contributed by atoms with Gasteiger partial charge in [-0.1, -0.05) is 31.9 Å². The molecule has 0 aliphatic carbocycles. The summed E-state index contributed by atoms with van der Waals surface area (Å²) in [5.41, 5.74) is 0. The SMILES string of the molecule is Brc1ccc2c(c1)OCC(CN1CCN(CC3COc4cc(Br)ccc4O3)CC1)O2. The number of hydrogen-bond donors (Lipinski definition) is 0. The molecule has 0 radical (unpaired) electrons. The molecule has 3 heterocycles. The van der Waals surface area contributed by atoms with Gasteiger partial charge in [0.15, 0.2) is 23.0 Å². The lowest BCUT2D eigenvalue weighted by Crippen LogP contribution is -2.53. The van der Waals surface area contributed by atoms with E-state index in [-0.39, 0.29) is 12.2 Å². The Morgan fingerprint density at radius 3 is 1.53 bits per heavy atom. The number of nitrogens with zero attached hydrogens (tertiary/aromatic N) is 2. The molecule has 5 rings (SSSR count). The molecule has 2 aromatic carbocycles. The maximum absolute atomic E-state index is 6.14. The summed E-state index contributed by atoms with van der Waals surface area (Å²) in [6.07, 6.45) is 0.132. The zero-order valence-corrected chi connectivity index (χ0v) is 19.7. The predicted molar refractivity (Wildman–Crippen MR) is 121 cm³/mol. The van der Waals surface area contributed by atoms with Gasteiger partial charge in [-0.3, -0.25) is 9.80 Å². The monoisotopic (exact) mass is 538 g/mol. The van der Waals surface area contributed by atoms with Gasteiger partial charge in [0.2, 0.25) is 0 Å². The predicted octanol–water partition coefficient (Wildman–Crippen LogP) is 3.81. The van der Waals surface area contributed by atoms with Crippen LogP contribution in [0.2, 0.25) is 0 Å². The van der Waals surface area contributed by atoms with E-state index < -0.39 is 0 Å². The Balaban J connectivity index is 1.08. The van der Waals surface area contributed by atoms with Crippen LogP contribution >= 0.6 is 31.9 Å². The summed E-state index contributed by atoms with van der Waals surface area (Å²) < 4.78 is 26.1. The number of halogens is 2. The van der Waals surface area contributed by atoms with Crippen molar-refractivity contribution in [2.24, 2.45) is 0 Å². The van der Waals surface area contributed by atoms with Crippen molar-refractivity contribution < 1.29 is 18.9 Å². The van der Waals surface area contributed by atoms with Crippen LogP contribution in [0.4, 0.5) is 0 Å². The van der Waals surface area contributed by atoms with Gasteiger partial charge >= 0.3 is 0 Å². The Morgan fingerprint density at radius 2 is 1.10 bits per heavy atom. The van der Waals surface area contributed by atoms with Crippen LogP contribution in [-0.4, -0.2) is 74.5 Å². The highest BCUT2D eigenvalue weighted by molar-refractivity contribution is 9.10. The van der Waals surface area contributed by atoms with E-state index >= 15 is 0 Å². The molecule has 0 spiro atoms. The number of rotatable bonds is 4. The number of fused-ring (bicyclic) bond motifs is 2. The second kappa shape index (κ2) is 8.94. The zero-order chi connectivity index (χ0) is 20.5. The Hall–Kier alpha value is -1.48. The number of hydrogen-bond acceptors (Lipinski definition) is 6. The first kappa shape index (κ1) is 20.4. The largest absolute Gasteiger partial charge is 0.486 e. The summed E-state index contributed by atoms with van der Waals surface area (Å²) in [6.45, 7) is 7.02. The fraction of sp³-hybridized carbons (Fsp3) is 0.455. The van der Waals surface area contributed by atoms with E-state index in [1.54, 1.807) is 0 Å². The molecule has 0 N–H and O–H groups in total. The molecule has 3 aliphatic heterocycles. The summed E-state index contributed by atoms with van der Waals surface area (Å²) in [5.74, 6) is 3.29. The van der Waals surface area contributed by atoms with Gasteiger partial charge in [0.1, 0.15) is 25.4 Å². The third-order valence-corrected chi connectivity index (χ3v) is 6.62. The molecule has 0 bridgehead atoms. The minimum Gasteiger partial charge on any atom is -0.486 e. The van der Waals surface area contributed by atoms with Gasteiger partial charge in [0.25, 0.3) is 0 Å². The normalized spacial score (nSPS) is 23.9. The van der Waals surface area contributed by atoms with E-state index in [1.165, 1.54) is 0 Å². The summed E-state index contributed by atoms with van der Waals surface area (Å²) in [6, 6.07) is 11.8. The van der Waals surface area contributed by atoms with Crippen LogP contribution in [0.1, 0.15) is 0 Å². The van der Waals surface area contributed by atoms with Gasteiger partial charge in [-0.05, 0) is 36.4 Å². The highest BCUT2D eigenvalue weighted by atomic mass is 79.9. The molecule has 8 heteroatoms. The maximum atomic E-state index is 6.14. The van der Waals surface area contributed by atoms with Crippen LogP contribution in [0.3, 0.4) is 0 Å². The van der Waals surface area contributed by atoms with Gasteiger partial charge in [0.05, 0.1) is 0 Å². The van der Waals surface area contributed by atoms with Crippen molar-refractivity contribution in [1.82, 2.24) is 9.80 Å². The van der Waals surface area contributed by atoms with Gasteiger partial charge in [-0.15, -0.1) is 0 Å². The van der Waals surface area contributed by atoms with Crippen molar-refractivity contribution >= 4 is 31.9 Å². The lowest BCUT2D eigenvalue weighted by Gasteiger charge is -2.39. The zero-order valence-electron chi connectivity index (χ0n) is 16.6. The number of ether oxygens (including phenoxy) is 4. The van der Waals surface area contributed by atoms with E-state index in [2.05, 4.69) is 41.7 Å².